The van der Waals surface area contributed by atoms with Crippen LogP contribution in [0.5, 0.6) is 0 Å². The number of hydrogen-bond acceptors (Lipinski definition) is 3. The van der Waals surface area contributed by atoms with E-state index in [-0.39, 0.29) is 0 Å². The van der Waals surface area contributed by atoms with Gasteiger partial charge in [0.25, 0.3) is 0 Å². The van der Waals surface area contributed by atoms with Gasteiger partial charge in [-0.2, -0.15) is 0 Å². The Morgan fingerprint density at radius 3 is 2.75 bits per heavy atom. The zero-order valence-electron chi connectivity index (χ0n) is 8.66. The third-order valence-electron chi connectivity index (χ3n) is 2.50. The van der Waals surface area contributed by atoms with Gasteiger partial charge in [0.15, 0.2) is 5.54 Å². The molecule has 1 aromatic carbocycles. The standard InChI is InChI=1S/C11H11BrN2O2/c1-11(14,10(13)15)9-5-6-4-7(12)2-3-8(6)16-9/h2-5H,14H2,1H3,(H2,13,15). The van der Waals surface area contributed by atoms with Crippen LogP contribution in [0.2, 0.25) is 0 Å². The summed E-state index contributed by atoms with van der Waals surface area (Å²) in [5.41, 5.74) is 10.4. The molecule has 0 spiro atoms. The Morgan fingerprint density at radius 1 is 1.44 bits per heavy atom. The minimum atomic E-state index is -1.29. The van der Waals surface area contributed by atoms with E-state index in [1.807, 2.05) is 12.1 Å². The number of hydrogen-bond donors (Lipinski definition) is 2. The maximum atomic E-state index is 11.2. The van der Waals surface area contributed by atoms with Gasteiger partial charge in [-0.1, -0.05) is 15.9 Å². The number of amides is 1. The van der Waals surface area contributed by atoms with Crippen molar-refractivity contribution >= 4 is 32.8 Å². The van der Waals surface area contributed by atoms with Crippen molar-refractivity contribution in [1.82, 2.24) is 0 Å². The average molecular weight is 283 g/mol. The minimum absolute atomic E-state index is 0.369. The van der Waals surface area contributed by atoms with Crippen molar-refractivity contribution in [3.05, 3.63) is 34.5 Å². The van der Waals surface area contributed by atoms with Crippen LogP contribution in [-0.4, -0.2) is 5.91 Å². The Hall–Kier alpha value is -1.33. The van der Waals surface area contributed by atoms with Crippen molar-refractivity contribution in [3.63, 3.8) is 0 Å². The van der Waals surface area contributed by atoms with Crippen LogP contribution in [-0.2, 0) is 10.3 Å². The fourth-order valence-corrected chi connectivity index (χ4v) is 1.77. The lowest BCUT2D eigenvalue weighted by Crippen LogP contribution is -2.46. The van der Waals surface area contributed by atoms with E-state index in [0.29, 0.717) is 11.3 Å². The molecule has 4 N–H and O–H groups in total. The third kappa shape index (κ3) is 1.72. The molecule has 0 aliphatic heterocycles. The summed E-state index contributed by atoms with van der Waals surface area (Å²) in [4.78, 5) is 11.2. The maximum Gasteiger partial charge on any atom is 0.245 e. The summed E-state index contributed by atoms with van der Waals surface area (Å²) < 4.78 is 6.44. The summed E-state index contributed by atoms with van der Waals surface area (Å²) in [5, 5.41) is 0.877. The van der Waals surface area contributed by atoms with E-state index in [0.717, 1.165) is 9.86 Å². The molecule has 0 fully saturated rings. The minimum Gasteiger partial charge on any atom is -0.459 e. The summed E-state index contributed by atoms with van der Waals surface area (Å²) in [5.74, 6) is -0.251. The fourth-order valence-electron chi connectivity index (χ4n) is 1.39. The Balaban J connectivity index is 2.59. The van der Waals surface area contributed by atoms with Crippen molar-refractivity contribution in [2.24, 2.45) is 11.5 Å². The van der Waals surface area contributed by atoms with Crippen LogP contribution in [0.3, 0.4) is 0 Å². The van der Waals surface area contributed by atoms with Crippen LogP contribution >= 0.6 is 15.9 Å². The molecule has 16 heavy (non-hydrogen) atoms. The lowest BCUT2D eigenvalue weighted by Gasteiger charge is -2.16. The van der Waals surface area contributed by atoms with Gasteiger partial charge in [-0.05, 0) is 31.2 Å². The van der Waals surface area contributed by atoms with Crippen LogP contribution in [0.4, 0.5) is 0 Å². The van der Waals surface area contributed by atoms with Crippen molar-refractivity contribution in [3.8, 4) is 0 Å². The largest absolute Gasteiger partial charge is 0.459 e. The number of nitrogens with two attached hydrogens (primary N) is 2. The summed E-state index contributed by atoms with van der Waals surface area (Å²) in [6.07, 6.45) is 0. The number of fused-ring (bicyclic) bond motifs is 1. The second kappa shape index (κ2) is 3.61. The zero-order chi connectivity index (χ0) is 11.9. The van der Waals surface area contributed by atoms with E-state index in [1.165, 1.54) is 6.92 Å². The van der Waals surface area contributed by atoms with E-state index >= 15 is 0 Å². The first-order valence-electron chi connectivity index (χ1n) is 4.69. The maximum absolute atomic E-state index is 11.2. The molecule has 0 bridgehead atoms. The molecule has 0 saturated carbocycles. The first kappa shape index (κ1) is 11.2. The summed E-state index contributed by atoms with van der Waals surface area (Å²) in [6, 6.07) is 7.28. The van der Waals surface area contributed by atoms with Gasteiger partial charge in [0.1, 0.15) is 11.3 Å². The zero-order valence-corrected chi connectivity index (χ0v) is 10.2. The Bertz CT molecular complexity index is 560. The number of halogens is 1. The van der Waals surface area contributed by atoms with E-state index in [2.05, 4.69) is 15.9 Å². The first-order chi connectivity index (χ1) is 7.41. The molecule has 0 aliphatic carbocycles. The number of furan rings is 1. The van der Waals surface area contributed by atoms with Gasteiger partial charge >= 0.3 is 0 Å². The highest BCUT2D eigenvalue weighted by atomic mass is 79.9. The van der Waals surface area contributed by atoms with Gasteiger partial charge in [-0.3, -0.25) is 4.79 Å². The molecule has 0 aliphatic rings. The number of rotatable bonds is 2. The van der Waals surface area contributed by atoms with Crippen LogP contribution in [0, 0.1) is 0 Å². The highest BCUT2D eigenvalue weighted by molar-refractivity contribution is 9.10. The normalized spacial score (nSPS) is 14.9. The lowest BCUT2D eigenvalue weighted by molar-refractivity contribution is -0.123. The van der Waals surface area contributed by atoms with Crippen molar-refractivity contribution in [1.29, 1.82) is 0 Å². The second-order valence-corrected chi connectivity index (χ2v) is 4.78. The Kier molecular flexibility index (Phi) is 2.52. The molecule has 0 saturated heterocycles. The van der Waals surface area contributed by atoms with Gasteiger partial charge < -0.3 is 15.9 Å². The SMILES string of the molecule is CC(N)(C(N)=O)c1cc2cc(Br)ccc2o1. The Morgan fingerprint density at radius 2 is 2.12 bits per heavy atom. The fraction of sp³-hybridized carbons (Fsp3) is 0.182. The smallest absolute Gasteiger partial charge is 0.245 e. The second-order valence-electron chi connectivity index (χ2n) is 3.86. The molecule has 4 nitrogen and oxygen atoms in total. The monoisotopic (exact) mass is 282 g/mol. The molecule has 1 heterocycles. The van der Waals surface area contributed by atoms with Crippen molar-refractivity contribution in [2.75, 3.05) is 0 Å². The molecule has 2 rings (SSSR count). The van der Waals surface area contributed by atoms with Crippen LogP contribution in [0.15, 0.2) is 33.2 Å². The number of benzene rings is 1. The molecule has 1 atom stereocenters. The molecule has 5 heteroatoms. The van der Waals surface area contributed by atoms with Gasteiger partial charge in [0.05, 0.1) is 0 Å². The van der Waals surface area contributed by atoms with E-state index < -0.39 is 11.4 Å². The average Bonchev–Trinajstić information content (AvgIpc) is 2.60. The molecule has 0 radical (unpaired) electrons. The van der Waals surface area contributed by atoms with Gasteiger partial charge in [0, 0.05) is 9.86 Å². The molecule has 2 aromatic rings. The number of carbonyl (C=O) groups is 1. The van der Waals surface area contributed by atoms with E-state index in [9.17, 15) is 4.79 Å². The highest BCUT2D eigenvalue weighted by Gasteiger charge is 2.32. The molecule has 84 valence electrons. The molecular weight excluding hydrogens is 272 g/mol. The van der Waals surface area contributed by atoms with Gasteiger partial charge in [0.2, 0.25) is 5.91 Å². The van der Waals surface area contributed by atoms with E-state index in [4.69, 9.17) is 15.9 Å². The highest BCUT2D eigenvalue weighted by Crippen LogP contribution is 2.28. The Labute approximate surface area is 101 Å². The van der Waals surface area contributed by atoms with E-state index in [1.54, 1.807) is 12.1 Å². The van der Waals surface area contributed by atoms with Gasteiger partial charge in [-0.25, -0.2) is 0 Å². The molecule has 1 aromatic heterocycles. The van der Waals surface area contributed by atoms with Crippen LogP contribution < -0.4 is 11.5 Å². The van der Waals surface area contributed by atoms with Gasteiger partial charge in [-0.15, -0.1) is 0 Å². The topological polar surface area (TPSA) is 82.2 Å². The van der Waals surface area contributed by atoms with Crippen molar-refractivity contribution < 1.29 is 9.21 Å². The summed E-state index contributed by atoms with van der Waals surface area (Å²) >= 11 is 3.36. The number of primary amides is 1. The predicted molar refractivity (Wildman–Crippen MR) is 64.6 cm³/mol. The van der Waals surface area contributed by atoms with Crippen molar-refractivity contribution in [2.45, 2.75) is 12.5 Å². The predicted octanol–water partition coefficient (Wildman–Crippen LogP) is 1.85. The summed E-state index contributed by atoms with van der Waals surface area (Å²) in [6.45, 7) is 1.53. The molecule has 1 amide bonds. The number of carbonyl (C=O) groups excluding carboxylic acids is 1. The first-order valence-corrected chi connectivity index (χ1v) is 5.49. The quantitative estimate of drug-likeness (QED) is 0.882. The van der Waals surface area contributed by atoms with Crippen LogP contribution in [0.25, 0.3) is 11.0 Å². The summed E-state index contributed by atoms with van der Waals surface area (Å²) in [7, 11) is 0. The molecular formula is C11H11BrN2O2. The molecule has 1 unspecified atom stereocenters. The van der Waals surface area contributed by atoms with Crippen LogP contribution in [0.1, 0.15) is 12.7 Å². The third-order valence-corrected chi connectivity index (χ3v) is 3.00. The lowest BCUT2D eigenvalue weighted by atomic mass is 10.00.